The first kappa shape index (κ1) is 20.9. The van der Waals surface area contributed by atoms with E-state index in [1.54, 1.807) is 13.0 Å². The van der Waals surface area contributed by atoms with Crippen molar-refractivity contribution < 1.29 is 9.90 Å². The molecule has 0 radical (unpaired) electrons. The SMILES string of the molecule is C=CC[C@@](C)(O)[C@@H](Cc1ccccc1)NC(=O)c1ccc(C(C)(C)C)cc1. The topological polar surface area (TPSA) is 49.3 Å². The van der Waals surface area contributed by atoms with Gasteiger partial charge in [-0.2, -0.15) is 0 Å². The van der Waals surface area contributed by atoms with E-state index in [0.29, 0.717) is 18.4 Å². The Kier molecular flexibility index (Phi) is 6.61. The van der Waals surface area contributed by atoms with Gasteiger partial charge in [0.05, 0.1) is 11.6 Å². The van der Waals surface area contributed by atoms with Crippen LogP contribution in [0.1, 0.15) is 55.6 Å². The van der Waals surface area contributed by atoms with Crippen LogP contribution in [0.15, 0.2) is 67.3 Å². The Hall–Kier alpha value is -2.39. The molecule has 0 aliphatic heterocycles. The van der Waals surface area contributed by atoms with Crippen molar-refractivity contribution in [2.45, 2.75) is 57.6 Å². The largest absolute Gasteiger partial charge is 0.388 e. The minimum absolute atomic E-state index is 0.0402. The van der Waals surface area contributed by atoms with Gasteiger partial charge in [-0.1, -0.05) is 69.3 Å². The van der Waals surface area contributed by atoms with Crippen LogP contribution in [-0.2, 0) is 11.8 Å². The fourth-order valence-corrected chi connectivity index (χ4v) is 3.07. The average molecular weight is 366 g/mol. The van der Waals surface area contributed by atoms with Crippen molar-refractivity contribution in [1.29, 1.82) is 0 Å². The van der Waals surface area contributed by atoms with Gasteiger partial charge in [0.2, 0.25) is 0 Å². The molecule has 0 heterocycles. The molecule has 144 valence electrons. The third-order valence-electron chi connectivity index (χ3n) is 4.91. The zero-order valence-electron chi connectivity index (χ0n) is 16.8. The van der Waals surface area contributed by atoms with Gasteiger partial charge in [-0.15, -0.1) is 6.58 Å². The zero-order valence-corrected chi connectivity index (χ0v) is 16.8. The van der Waals surface area contributed by atoms with Gasteiger partial charge in [-0.3, -0.25) is 4.79 Å². The van der Waals surface area contributed by atoms with E-state index in [0.717, 1.165) is 5.56 Å². The fraction of sp³-hybridized carbons (Fsp3) is 0.375. The molecule has 0 aromatic heterocycles. The summed E-state index contributed by atoms with van der Waals surface area (Å²) in [5.41, 5.74) is 1.79. The molecular formula is C24H31NO2. The summed E-state index contributed by atoms with van der Waals surface area (Å²) < 4.78 is 0. The minimum atomic E-state index is -1.08. The normalized spacial score (nSPS) is 14.9. The van der Waals surface area contributed by atoms with Crippen LogP contribution in [0.2, 0.25) is 0 Å². The zero-order chi connectivity index (χ0) is 20.1. The summed E-state index contributed by atoms with van der Waals surface area (Å²) in [6.07, 6.45) is 2.63. The van der Waals surface area contributed by atoms with Crippen molar-refractivity contribution in [3.63, 3.8) is 0 Å². The van der Waals surface area contributed by atoms with Crippen LogP contribution in [-0.4, -0.2) is 22.7 Å². The monoisotopic (exact) mass is 365 g/mol. The van der Waals surface area contributed by atoms with Crippen LogP contribution >= 0.6 is 0 Å². The second-order valence-corrected chi connectivity index (χ2v) is 8.39. The lowest BCUT2D eigenvalue weighted by atomic mass is 9.86. The van der Waals surface area contributed by atoms with Gasteiger partial charge in [-0.05, 0) is 48.4 Å². The van der Waals surface area contributed by atoms with E-state index in [1.807, 2.05) is 54.6 Å². The van der Waals surface area contributed by atoms with E-state index >= 15 is 0 Å². The third-order valence-corrected chi connectivity index (χ3v) is 4.91. The van der Waals surface area contributed by atoms with Crippen LogP contribution in [0.3, 0.4) is 0 Å². The molecule has 0 saturated heterocycles. The van der Waals surface area contributed by atoms with Gasteiger partial charge >= 0.3 is 0 Å². The van der Waals surface area contributed by atoms with Crippen LogP contribution in [0.25, 0.3) is 0 Å². The average Bonchev–Trinajstić information content (AvgIpc) is 2.61. The lowest BCUT2D eigenvalue weighted by molar-refractivity contribution is 0.0212. The Morgan fingerprint density at radius 2 is 1.67 bits per heavy atom. The smallest absolute Gasteiger partial charge is 0.251 e. The molecule has 1 amide bonds. The van der Waals surface area contributed by atoms with Crippen molar-refractivity contribution in [2.24, 2.45) is 0 Å². The van der Waals surface area contributed by atoms with Gasteiger partial charge < -0.3 is 10.4 Å². The molecular weight excluding hydrogens is 334 g/mol. The number of amides is 1. The molecule has 0 aliphatic carbocycles. The van der Waals surface area contributed by atoms with Gasteiger partial charge in [0.25, 0.3) is 5.91 Å². The Morgan fingerprint density at radius 1 is 1.07 bits per heavy atom. The molecule has 2 rings (SSSR count). The number of carbonyl (C=O) groups is 1. The summed E-state index contributed by atoms with van der Waals surface area (Å²) in [7, 11) is 0. The van der Waals surface area contributed by atoms with Gasteiger partial charge in [0.15, 0.2) is 0 Å². The summed E-state index contributed by atoms with van der Waals surface area (Å²) in [4.78, 5) is 12.8. The van der Waals surface area contributed by atoms with E-state index in [1.165, 1.54) is 5.56 Å². The van der Waals surface area contributed by atoms with Crippen LogP contribution in [0, 0.1) is 0 Å². The van der Waals surface area contributed by atoms with E-state index in [4.69, 9.17) is 0 Å². The molecule has 0 saturated carbocycles. The highest BCUT2D eigenvalue weighted by Gasteiger charge is 2.32. The lowest BCUT2D eigenvalue weighted by Gasteiger charge is -2.33. The molecule has 2 aromatic rings. The Bertz CT molecular complexity index is 755. The maximum Gasteiger partial charge on any atom is 0.251 e. The van der Waals surface area contributed by atoms with Crippen LogP contribution in [0.4, 0.5) is 0 Å². The second-order valence-electron chi connectivity index (χ2n) is 8.39. The number of hydrogen-bond donors (Lipinski definition) is 2. The number of nitrogens with one attached hydrogen (secondary N) is 1. The number of benzene rings is 2. The number of carbonyl (C=O) groups excluding carboxylic acids is 1. The lowest BCUT2D eigenvalue weighted by Crippen LogP contribution is -2.52. The number of rotatable bonds is 7. The molecule has 2 atom stereocenters. The molecule has 0 bridgehead atoms. The predicted octanol–water partition coefficient (Wildman–Crippen LogP) is 4.65. The highest BCUT2D eigenvalue weighted by atomic mass is 16.3. The van der Waals surface area contributed by atoms with Crippen molar-refractivity contribution >= 4 is 5.91 Å². The first-order valence-corrected chi connectivity index (χ1v) is 9.42. The van der Waals surface area contributed by atoms with E-state index in [-0.39, 0.29) is 11.3 Å². The van der Waals surface area contributed by atoms with Gasteiger partial charge in [-0.25, -0.2) is 0 Å². The van der Waals surface area contributed by atoms with Crippen LogP contribution < -0.4 is 5.32 Å². The molecule has 0 unspecified atom stereocenters. The summed E-state index contributed by atoms with van der Waals surface area (Å²) in [5, 5.41) is 13.9. The molecule has 3 heteroatoms. The fourth-order valence-electron chi connectivity index (χ4n) is 3.07. The van der Waals surface area contributed by atoms with Crippen molar-refractivity contribution in [2.75, 3.05) is 0 Å². The molecule has 2 aromatic carbocycles. The van der Waals surface area contributed by atoms with Gasteiger partial charge in [0, 0.05) is 5.56 Å². The maximum atomic E-state index is 12.8. The summed E-state index contributed by atoms with van der Waals surface area (Å²) >= 11 is 0. The molecule has 2 N–H and O–H groups in total. The predicted molar refractivity (Wildman–Crippen MR) is 112 cm³/mol. The molecule has 0 spiro atoms. The molecule has 27 heavy (non-hydrogen) atoms. The number of aliphatic hydroxyl groups is 1. The van der Waals surface area contributed by atoms with Gasteiger partial charge in [0.1, 0.15) is 0 Å². The highest BCUT2D eigenvalue weighted by molar-refractivity contribution is 5.94. The van der Waals surface area contributed by atoms with E-state index in [2.05, 4.69) is 32.7 Å². The van der Waals surface area contributed by atoms with E-state index < -0.39 is 11.6 Å². The third kappa shape index (κ3) is 5.80. The molecule has 0 aliphatic rings. The summed E-state index contributed by atoms with van der Waals surface area (Å²) in [5.74, 6) is -0.180. The highest BCUT2D eigenvalue weighted by Crippen LogP contribution is 2.23. The van der Waals surface area contributed by atoms with E-state index in [9.17, 15) is 9.90 Å². The Balaban J connectivity index is 2.20. The van der Waals surface area contributed by atoms with Crippen LogP contribution in [0.5, 0.6) is 0 Å². The quantitative estimate of drug-likeness (QED) is 0.702. The maximum absolute atomic E-state index is 12.8. The van der Waals surface area contributed by atoms with Crippen molar-refractivity contribution in [1.82, 2.24) is 5.32 Å². The number of hydrogen-bond acceptors (Lipinski definition) is 2. The first-order valence-electron chi connectivity index (χ1n) is 9.42. The van der Waals surface area contributed by atoms with Crippen molar-refractivity contribution in [3.05, 3.63) is 83.9 Å². The second kappa shape index (κ2) is 8.53. The molecule has 0 fully saturated rings. The van der Waals surface area contributed by atoms with Crippen molar-refractivity contribution in [3.8, 4) is 0 Å². The Labute approximate surface area is 163 Å². The first-order chi connectivity index (χ1) is 12.6. The minimum Gasteiger partial charge on any atom is -0.388 e. The molecule has 3 nitrogen and oxygen atoms in total. The standard InChI is InChI=1S/C24H31NO2/c1-6-16-24(5,27)21(17-18-10-8-7-9-11-18)25-22(26)19-12-14-20(15-13-19)23(2,3)4/h6-15,21,27H,1,16-17H2,2-5H3,(H,25,26)/t21-,24-/m1/s1. The summed E-state index contributed by atoms with van der Waals surface area (Å²) in [6.45, 7) is 11.9. The summed E-state index contributed by atoms with van der Waals surface area (Å²) in [6, 6.07) is 17.1. The Morgan fingerprint density at radius 3 is 2.19 bits per heavy atom.